The Morgan fingerprint density at radius 3 is 2.36 bits per heavy atom. The fourth-order valence-electron chi connectivity index (χ4n) is 2.77. The first kappa shape index (κ1) is 16.8. The lowest BCUT2D eigenvalue weighted by atomic mass is 9.80. The lowest BCUT2D eigenvalue weighted by molar-refractivity contribution is 0.326. The van der Waals surface area contributed by atoms with Crippen molar-refractivity contribution in [2.24, 2.45) is 0 Å². The molecule has 0 saturated carbocycles. The van der Waals surface area contributed by atoms with Crippen LogP contribution in [0.2, 0.25) is 0 Å². The Labute approximate surface area is 133 Å². The van der Waals surface area contributed by atoms with Gasteiger partial charge in [-0.25, -0.2) is 0 Å². The largest absolute Gasteiger partial charge is 0.361 e. The van der Waals surface area contributed by atoms with E-state index in [9.17, 15) is 0 Å². The third-order valence-electron chi connectivity index (χ3n) is 4.27. The Bertz CT molecular complexity index is 607. The average molecular weight is 303 g/mol. The minimum absolute atomic E-state index is 0.00431. The minimum atomic E-state index is 0.00431. The normalized spacial score (nSPS) is 14.0. The van der Waals surface area contributed by atoms with Crippen molar-refractivity contribution in [3.63, 3.8) is 0 Å². The molecule has 0 aromatic carbocycles. The van der Waals surface area contributed by atoms with Crippen molar-refractivity contribution in [1.82, 2.24) is 14.9 Å². The monoisotopic (exact) mass is 303 g/mol. The average Bonchev–Trinajstić information content (AvgIpc) is 3.08. The van der Waals surface area contributed by atoms with Gasteiger partial charge in [0.25, 0.3) is 0 Å². The van der Waals surface area contributed by atoms with Crippen LogP contribution in [-0.4, -0.2) is 14.9 Å². The van der Waals surface area contributed by atoms with Crippen LogP contribution >= 0.6 is 0 Å². The molecule has 2 aromatic rings. The highest BCUT2D eigenvalue weighted by atomic mass is 16.5. The van der Waals surface area contributed by atoms with E-state index < -0.39 is 0 Å². The Balaban J connectivity index is 2.12. The first-order chi connectivity index (χ1) is 10.2. The third-order valence-corrected chi connectivity index (χ3v) is 4.27. The van der Waals surface area contributed by atoms with Crippen molar-refractivity contribution >= 4 is 0 Å². The molecule has 1 unspecified atom stereocenters. The van der Waals surface area contributed by atoms with E-state index in [-0.39, 0.29) is 5.41 Å². The summed E-state index contributed by atoms with van der Waals surface area (Å²) in [5, 5.41) is 8.90. The van der Waals surface area contributed by atoms with E-state index >= 15 is 0 Å². The molecule has 22 heavy (non-hydrogen) atoms. The van der Waals surface area contributed by atoms with Crippen LogP contribution in [0.5, 0.6) is 0 Å². The van der Waals surface area contributed by atoms with E-state index in [1.807, 2.05) is 4.68 Å². The number of hydrogen-bond acceptors (Lipinski definition) is 3. The molecule has 0 aliphatic heterocycles. The smallest absolute Gasteiger partial charge is 0.139 e. The summed E-state index contributed by atoms with van der Waals surface area (Å²) in [6.07, 6.45) is 3.05. The molecular formula is C18H29N3O. The topological polar surface area (TPSA) is 43.9 Å². The summed E-state index contributed by atoms with van der Waals surface area (Å²) in [5.41, 5.74) is 2.17. The maximum Gasteiger partial charge on any atom is 0.139 e. The van der Waals surface area contributed by atoms with Crippen LogP contribution in [0, 0.1) is 0 Å². The molecule has 2 rings (SSSR count). The Kier molecular flexibility index (Phi) is 4.78. The second-order valence-corrected chi connectivity index (χ2v) is 7.57. The van der Waals surface area contributed by atoms with Crippen molar-refractivity contribution in [1.29, 1.82) is 0 Å². The quantitative estimate of drug-likeness (QED) is 0.750. The Morgan fingerprint density at radius 1 is 1.18 bits per heavy atom. The molecule has 0 fully saturated rings. The molecule has 0 saturated heterocycles. The molecule has 0 N–H and O–H groups in total. The molecule has 2 heterocycles. The van der Waals surface area contributed by atoms with Crippen LogP contribution in [0.3, 0.4) is 0 Å². The van der Waals surface area contributed by atoms with Crippen molar-refractivity contribution in [3.05, 3.63) is 35.5 Å². The van der Waals surface area contributed by atoms with E-state index in [4.69, 9.17) is 9.62 Å². The maximum atomic E-state index is 5.54. The number of aromatic nitrogens is 3. The molecule has 0 aliphatic carbocycles. The van der Waals surface area contributed by atoms with Gasteiger partial charge in [-0.3, -0.25) is 4.68 Å². The highest BCUT2D eigenvalue weighted by Gasteiger charge is 2.28. The fourth-order valence-corrected chi connectivity index (χ4v) is 2.77. The van der Waals surface area contributed by atoms with E-state index in [2.05, 4.69) is 72.0 Å². The predicted octanol–water partition coefficient (Wildman–Crippen LogP) is 5.05. The molecular weight excluding hydrogens is 274 g/mol. The number of nitrogens with zero attached hydrogens (tertiary/aromatic N) is 3. The van der Waals surface area contributed by atoms with Crippen LogP contribution in [-0.2, 0) is 5.41 Å². The number of hydrogen-bond donors (Lipinski definition) is 0. The summed E-state index contributed by atoms with van der Waals surface area (Å²) in [7, 11) is 0. The lowest BCUT2D eigenvalue weighted by Gasteiger charge is -2.25. The van der Waals surface area contributed by atoms with Crippen molar-refractivity contribution in [3.8, 4) is 0 Å². The summed E-state index contributed by atoms with van der Waals surface area (Å²) < 4.78 is 7.56. The summed E-state index contributed by atoms with van der Waals surface area (Å²) in [6.45, 7) is 15.3. The van der Waals surface area contributed by atoms with E-state index in [0.717, 1.165) is 23.6 Å². The molecule has 1 atom stereocenters. The molecule has 4 nitrogen and oxygen atoms in total. The maximum absolute atomic E-state index is 5.54. The highest BCUT2D eigenvalue weighted by molar-refractivity contribution is 5.17. The molecule has 0 aliphatic rings. The molecule has 0 radical (unpaired) electrons. The van der Waals surface area contributed by atoms with Crippen LogP contribution < -0.4 is 0 Å². The minimum Gasteiger partial charge on any atom is -0.361 e. The standard InChI is InChI=1S/C18H29N3O/c1-12(2)15-10-16(22-20-15)14(5)11-18(6,7)17-8-9-21(19-17)13(3)4/h8-10,12-14H,11H2,1-7H3. The van der Waals surface area contributed by atoms with Gasteiger partial charge in [-0.1, -0.05) is 39.8 Å². The molecule has 0 spiro atoms. The predicted molar refractivity (Wildman–Crippen MR) is 89.3 cm³/mol. The first-order valence-corrected chi connectivity index (χ1v) is 8.23. The van der Waals surface area contributed by atoms with Crippen LogP contribution in [0.1, 0.15) is 89.9 Å². The second-order valence-electron chi connectivity index (χ2n) is 7.57. The molecule has 122 valence electrons. The van der Waals surface area contributed by atoms with Crippen LogP contribution in [0.15, 0.2) is 22.9 Å². The lowest BCUT2D eigenvalue weighted by Crippen LogP contribution is -2.21. The Morgan fingerprint density at radius 2 is 1.86 bits per heavy atom. The summed E-state index contributed by atoms with van der Waals surface area (Å²) in [5.74, 6) is 1.69. The van der Waals surface area contributed by atoms with Gasteiger partial charge in [0, 0.05) is 29.6 Å². The van der Waals surface area contributed by atoms with Crippen LogP contribution in [0.4, 0.5) is 0 Å². The van der Waals surface area contributed by atoms with E-state index in [0.29, 0.717) is 17.9 Å². The molecule has 4 heteroatoms. The zero-order valence-corrected chi connectivity index (χ0v) is 14.9. The van der Waals surface area contributed by atoms with Gasteiger partial charge in [-0.05, 0) is 32.3 Å². The zero-order valence-electron chi connectivity index (χ0n) is 14.9. The van der Waals surface area contributed by atoms with Crippen molar-refractivity contribution in [2.75, 3.05) is 0 Å². The van der Waals surface area contributed by atoms with Crippen molar-refractivity contribution < 1.29 is 4.52 Å². The van der Waals surface area contributed by atoms with Gasteiger partial charge >= 0.3 is 0 Å². The summed E-state index contributed by atoms with van der Waals surface area (Å²) in [6, 6.07) is 4.62. The highest BCUT2D eigenvalue weighted by Crippen LogP contribution is 2.34. The van der Waals surface area contributed by atoms with Crippen LogP contribution in [0.25, 0.3) is 0 Å². The van der Waals surface area contributed by atoms with Crippen molar-refractivity contribution in [2.45, 2.75) is 78.2 Å². The van der Waals surface area contributed by atoms with Gasteiger partial charge in [0.05, 0.1) is 11.4 Å². The fraction of sp³-hybridized carbons (Fsp3) is 0.667. The SMILES string of the molecule is CC(C)c1cc(C(C)CC(C)(C)c2ccn(C(C)C)n2)on1. The second kappa shape index (κ2) is 6.27. The number of rotatable bonds is 6. The van der Waals surface area contributed by atoms with Gasteiger partial charge in [0.1, 0.15) is 5.76 Å². The first-order valence-electron chi connectivity index (χ1n) is 8.23. The van der Waals surface area contributed by atoms with E-state index in [1.165, 1.54) is 0 Å². The summed E-state index contributed by atoms with van der Waals surface area (Å²) in [4.78, 5) is 0. The zero-order chi connectivity index (χ0) is 16.5. The van der Waals surface area contributed by atoms with Gasteiger partial charge < -0.3 is 4.52 Å². The van der Waals surface area contributed by atoms with Gasteiger partial charge in [-0.15, -0.1) is 0 Å². The Hall–Kier alpha value is -1.58. The summed E-state index contributed by atoms with van der Waals surface area (Å²) >= 11 is 0. The van der Waals surface area contributed by atoms with Gasteiger partial charge in [-0.2, -0.15) is 5.10 Å². The molecule has 2 aromatic heterocycles. The molecule has 0 bridgehead atoms. The van der Waals surface area contributed by atoms with Gasteiger partial charge in [0.2, 0.25) is 0 Å². The molecule has 0 amide bonds. The van der Waals surface area contributed by atoms with E-state index in [1.54, 1.807) is 0 Å². The third kappa shape index (κ3) is 3.60. The van der Waals surface area contributed by atoms with Gasteiger partial charge in [0.15, 0.2) is 0 Å².